The summed E-state index contributed by atoms with van der Waals surface area (Å²) >= 11 is 0. The maximum atomic E-state index is 5.87. The molecule has 0 atom stereocenters. The van der Waals surface area contributed by atoms with Crippen LogP contribution in [-0.2, 0) is 4.74 Å². The van der Waals surface area contributed by atoms with Crippen molar-refractivity contribution in [2.75, 3.05) is 0 Å². The average Bonchev–Trinajstić information content (AvgIpc) is 2.42. The Morgan fingerprint density at radius 2 is 2.00 bits per heavy atom. The summed E-state index contributed by atoms with van der Waals surface area (Å²) in [7, 11) is 0. The molecule has 0 N–H and O–H groups in total. The van der Waals surface area contributed by atoms with Gasteiger partial charge in [-0.15, -0.1) is 0 Å². The zero-order valence-electron chi connectivity index (χ0n) is 6.90. The summed E-state index contributed by atoms with van der Waals surface area (Å²) in [5, 5.41) is 0. The van der Waals surface area contributed by atoms with Crippen molar-refractivity contribution >= 4 is 0 Å². The Morgan fingerprint density at radius 1 is 1.40 bits per heavy atom. The molecule has 0 bridgehead atoms. The fraction of sp³-hybridized carbons (Fsp3) is 0.778. The van der Waals surface area contributed by atoms with Gasteiger partial charge < -0.3 is 4.74 Å². The summed E-state index contributed by atoms with van der Waals surface area (Å²) in [5.41, 5.74) is 1.59. The second-order valence-corrected chi connectivity index (χ2v) is 4.00. The van der Waals surface area contributed by atoms with Crippen LogP contribution in [0.2, 0.25) is 0 Å². The third kappa shape index (κ3) is 0.734. The van der Waals surface area contributed by atoms with E-state index in [1.165, 1.54) is 18.4 Å². The third-order valence-electron chi connectivity index (χ3n) is 2.63. The Labute approximate surface area is 62.1 Å². The molecule has 1 nitrogen and oxygen atoms in total. The Morgan fingerprint density at radius 3 is 2.20 bits per heavy atom. The van der Waals surface area contributed by atoms with Crippen LogP contribution in [0.1, 0.15) is 33.6 Å². The fourth-order valence-electron chi connectivity index (χ4n) is 1.56. The Hall–Kier alpha value is -0.300. The lowest BCUT2D eigenvalue weighted by Gasteiger charge is -2.21. The van der Waals surface area contributed by atoms with Crippen molar-refractivity contribution in [3.05, 3.63) is 11.6 Å². The highest BCUT2D eigenvalue weighted by Gasteiger charge is 2.51. The van der Waals surface area contributed by atoms with E-state index in [4.69, 9.17) is 4.74 Å². The van der Waals surface area contributed by atoms with Gasteiger partial charge in [-0.1, -0.05) is 6.08 Å². The van der Waals surface area contributed by atoms with E-state index in [-0.39, 0.29) is 11.2 Å². The molecule has 1 spiro atoms. The van der Waals surface area contributed by atoms with Crippen LogP contribution in [-0.4, -0.2) is 11.2 Å². The van der Waals surface area contributed by atoms with E-state index >= 15 is 0 Å². The zero-order valence-corrected chi connectivity index (χ0v) is 6.90. The summed E-state index contributed by atoms with van der Waals surface area (Å²) in [4.78, 5) is 0. The van der Waals surface area contributed by atoms with Crippen LogP contribution in [0.4, 0.5) is 0 Å². The second-order valence-electron chi connectivity index (χ2n) is 4.00. The van der Waals surface area contributed by atoms with Crippen LogP contribution in [0, 0.1) is 0 Å². The molecule has 0 unspecified atom stereocenters. The van der Waals surface area contributed by atoms with Gasteiger partial charge in [-0.3, -0.25) is 0 Å². The number of ether oxygens (including phenoxy) is 1. The second kappa shape index (κ2) is 1.48. The quantitative estimate of drug-likeness (QED) is 0.466. The molecule has 0 aromatic rings. The number of rotatable bonds is 0. The molecule has 1 fully saturated rings. The van der Waals surface area contributed by atoms with E-state index in [0.29, 0.717) is 0 Å². The Balaban J connectivity index is 2.29. The van der Waals surface area contributed by atoms with Crippen LogP contribution >= 0.6 is 0 Å². The van der Waals surface area contributed by atoms with Crippen molar-refractivity contribution in [2.24, 2.45) is 0 Å². The van der Waals surface area contributed by atoms with Gasteiger partial charge >= 0.3 is 0 Å². The van der Waals surface area contributed by atoms with Crippen LogP contribution in [0.3, 0.4) is 0 Å². The van der Waals surface area contributed by atoms with Crippen LogP contribution in [0.5, 0.6) is 0 Å². The van der Waals surface area contributed by atoms with Gasteiger partial charge in [-0.05, 0) is 39.2 Å². The Bertz CT molecular complexity index is 197. The highest BCUT2D eigenvalue weighted by molar-refractivity contribution is 5.29. The first kappa shape index (κ1) is 6.41. The molecule has 1 heterocycles. The predicted molar refractivity (Wildman–Crippen MR) is 40.9 cm³/mol. The van der Waals surface area contributed by atoms with Gasteiger partial charge in [0.2, 0.25) is 0 Å². The van der Waals surface area contributed by atoms with Crippen LogP contribution in [0.15, 0.2) is 11.6 Å². The molecule has 0 aromatic carbocycles. The molecule has 10 heavy (non-hydrogen) atoms. The maximum Gasteiger partial charge on any atom is 0.0880 e. The molecule has 56 valence electrons. The predicted octanol–water partition coefficient (Wildman–Crippen LogP) is 2.27. The lowest BCUT2D eigenvalue weighted by molar-refractivity contribution is -0.0180. The SMILES string of the molecule is CC1=CC2(CC2)OC1(C)C. The number of hydrogen-bond donors (Lipinski definition) is 0. The lowest BCUT2D eigenvalue weighted by atomic mass is 10.0. The van der Waals surface area contributed by atoms with Gasteiger partial charge in [0.1, 0.15) is 0 Å². The smallest absolute Gasteiger partial charge is 0.0880 e. The molecule has 2 aliphatic rings. The first-order chi connectivity index (χ1) is 4.54. The van der Waals surface area contributed by atoms with Gasteiger partial charge in [-0.2, -0.15) is 0 Å². The van der Waals surface area contributed by atoms with Gasteiger partial charge in [0, 0.05) is 0 Å². The highest BCUT2D eigenvalue weighted by Crippen LogP contribution is 2.51. The summed E-state index contributed by atoms with van der Waals surface area (Å²) < 4.78 is 5.87. The van der Waals surface area contributed by atoms with Crippen molar-refractivity contribution in [1.82, 2.24) is 0 Å². The first-order valence-electron chi connectivity index (χ1n) is 3.94. The summed E-state index contributed by atoms with van der Waals surface area (Å²) in [6.07, 6.45) is 4.76. The minimum Gasteiger partial charge on any atom is -0.361 e. The molecule has 1 aliphatic carbocycles. The lowest BCUT2D eigenvalue weighted by Crippen LogP contribution is -2.24. The summed E-state index contributed by atoms with van der Waals surface area (Å²) in [5.74, 6) is 0. The largest absolute Gasteiger partial charge is 0.361 e. The minimum atomic E-state index is 0.0104. The van der Waals surface area contributed by atoms with Gasteiger partial charge in [0.15, 0.2) is 0 Å². The van der Waals surface area contributed by atoms with Crippen molar-refractivity contribution in [1.29, 1.82) is 0 Å². The van der Waals surface area contributed by atoms with Crippen molar-refractivity contribution in [3.8, 4) is 0 Å². The van der Waals surface area contributed by atoms with E-state index < -0.39 is 0 Å². The molecule has 1 saturated carbocycles. The van der Waals surface area contributed by atoms with Gasteiger partial charge in [0.05, 0.1) is 11.2 Å². The van der Waals surface area contributed by atoms with Gasteiger partial charge in [0.25, 0.3) is 0 Å². The molecule has 0 aromatic heterocycles. The molecule has 0 amide bonds. The molecule has 0 radical (unpaired) electrons. The average molecular weight is 138 g/mol. The van der Waals surface area contributed by atoms with E-state index in [0.717, 1.165) is 0 Å². The molecule has 2 rings (SSSR count). The third-order valence-corrected chi connectivity index (χ3v) is 2.63. The first-order valence-corrected chi connectivity index (χ1v) is 3.94. The monoisotopic (exact) mass is 138 g/mol. The molecular formula is C9H14O. The standard InChI is InChI=1S/C9H14O/c1-7-6-9(4-5-9)10-8(7,2)3/h6H,4-5H2,1-3H3. The highest BCUT2D eigenvalue weighted by atomic mass is 16.5. The van der Waals surface area contributed by atoms with Crippen molar-refractivity contribution in [3.63, 3.8) is 0 Å². The van der Waals surface area contributed by atoms with Crippen LogP contribution < -0.4 is 0 Å². The summed E-state index contributed by atoms with van der Waals surface area (Å²) in [6.45, 7) is 6.45. The molecule has 0 saturated heterocycles. The zero-order chi connectivity index (χ0) is 7.41. The number of hydrogen-bond acceptors (Lipinski definition) is 1. The topological polar surface area (TPSA) is 9.23 Å². The Kier molecular flexibility index (Phi) is 0.946. The van der Waals surface area contributed by atoms with E-state index in [9.17, 15) is 0 Å². The van der Waals surface area contributed by atoms with Gasteiger partial charge in [-0.25, -0.2) is 0 Å². The van der Waals surface area contributed by atoms with E-state index in [1.807, 2.05) is 0 Å². The molecule has 1 heteroatoms. The molecule has 1 aliphatic heterocycles. The fourth-order valence-corrected chi connectivity index (χ4v) is 1.56. The minimum absolute atomic E-state index is 0.0104. The molecular weight excluding hydrogens is 124 g/mol. The van der Waals surface area contributed by atoms with E-state index in [1.54, 1.807) is 0 Å². The van der Waals surface area contributed by atoms with Crippen LogP contribution in [0.25, 0.3) is 0 Å². The van der Waals surface area contributed by atoms with Crippen molar-refractivity contribution < 1.29 is 4.74 Å². The summed E-state index contributed by atoms with van der Waals surface area (Å²) in [6, 6.07) is 0. The normalized spacial score (nSPS) is 32.5. The van der Waals surface area contributed by atoms with Crippen molar-refractivity contribution in [2.45, 2.75) is 44.8 Å². The van der Waals surface area contributed by atoms with E-state index in [2.05, 4.69) is 26.8 Å². The maximum absolute atomic E-state index is 5.87.